The van der Waals surface area contributed by atoms with Crippen LogP contribution >= 0.6 is 0 Å². The Balaban J connectivity index is 1.51. The van der Waals surface area contributed by atoms with Crippen molar-refractivity contribution in [2.24, 2.45) is 0 Å². The Morgan fingerprint density at radius 2 is 2.10 bits per heavy atom. The highest BCUT2D eigenvalue weighted by atomic mass is 16.5. The zero-order chi connectivity index (χ0) is 13.8. The van der Waals surface area contributed by atoms with Crippen LogP contribution in [0.5, 0.6) is 11.5 Å². The van der Waals surface area contributed by atoms with Gasteiger partial charge in [0.25, 0.3) is 0 Å². The molecule has 0 radical (unpaired) electrons. The minimum atomic E-state index is 0.427. The fourth-order valence-corrected chi connectivity index (χ4v) is 1.99. The van der Waals surface area contributed by atoms with E-state index >= 15 is 0 Å². The summed E-state index contributed by atoms with van der Waals surface area (Å²) >= 11 is 0. The Hall–Kier alpha value is -1.94. The van der Waals surface area contributed by atoms with E-state index in [1.165, 1.54) is 18.4 Å². The Morgan fingerprint density at radius 1 is 1.25 bits per heavy atom. The zero-order valence-corrected chi connectivity index (χ0v) is 11.6. The summed E-state index contributed by atoms with van der Waals surface area (Å²) in [6, 6.07) is 10.3. The summed E-state index contributed by atoms with van der Waals surface area (Å²) in [6.07, 6.45) is 4.38. The maximum atomic E-state index is 5.69. The smallest absolute Gasteiger partial charge is 0.146 e. The van der Waals surface area contributed by atoms with Gasteiger partial charge in [0.15, 0.2) is 0 Å². The van der Waals surface area contributed by atoms with Crippen molar-refractivity contribution in [3.63, 3.8) is 0 Å². The number of nitrogens with one attached hydrogen (secondary N) is 1. The minimum absolute atomic E-state index is 0.427. The van der Waals surface area contributed by atoms with Gasteiger partial charge >= 0.3 is 0 Å². The summed E-state index contributed by atoms with van der Waals surface area (Å²) in [6.45, 7) is 1.30. The second kappa shape index (κ2) is 6.01. The van der Waals surface area contributed by atoms with E-state index in [0.717, 1.165) is 23.8 Å². The molecular weight excluding hydrogens is 254 g/mol. The molecule has 1 aliphatic carbocycles. The molecule has 3 rings (SSSR count). The van der Waals surface area contributed by atoms with Crippen LogP contribution in [0.2, 0.25) is 0 Å². The summed E-state index contributed by atoms with van der Waals surface area (Å²) in [5, 5.41) is 3.46. The molecule has 1 aliphatic rings. The van der Waals surface area contributed by atoms with E-state index in [9.17, 15) is 0 Å². The third-order valence-corrected chi connectivity index (χ3v) is 3.30. The Morgan fingerprint density at radius 3 is 2.90 bits per heavy atom. The molecule has 1 heterocycles. The normalized spacial score (nSPS) is 14.2. The van der Waals surface area contributed by atoms with E-state index in [1.807, 2.05) is 30.3 Å². The third-order valence-electron chi connectivity index (χ3n) is 3.30. The predicted octanol–water partition coefficient (Wildman–Crippen LogP) is 3.12. The van der Waals surface area contributed by atoms with Crippen molar-refractivity contribution >= 4 is 0 Å². The number of furan rings is 1. The van der Waals surface area contributed by atoms with E-state index in [-0.39, 0.29) is 0 Å². The third kappa shape index (κ3) is 3.54. The molecule has 0 aliphatic heterocycles. The Kier molecular flexibility index (Phi) is 3.92. The van der Waals surface area contributed by atoms with Crippen LogP contribution in [-0.2, 0) is 13.2 Å². The molecule has 0 saturated heterocycles. The molecule has 0 unspecified atom stereocenters. The molecule has 1 aromatic carbocycles. The van der Waals surface area contributed by atoms with Crippen molar-refractivity contribution in [2.75, 3.05) is 7.11 Å². The largest absolute Gasteiger partial charge is 0.497 e. The number of rotatable bonds is 7. The first kappa shape index (κ1) is 13.1. The molecule has 4 heteroatoms. The lowest BCUT2D eigenvalue weighted by Gasteiger charge is -2.05. The monoisotopic (exact) mass is 273 g/mol. The van der Waals surface area contributed by atoms with Crippen LogP contribution in [-0.4, -0.2) is 13.2 Å². The SMILES string of the molecule is COc1cccc(OCc2cc(CNC3CC3)co2)c1. The molecule has 4 nitrogen and oxygen atoms in total. The Bertz CT molecular complexity index is 560. The quantitative estimate of drug-likeness (QED) is 0.841. The second-order valence-electron chi connectivity index (χ2n) is 5.04. The van der Waals surface area contributed by atoms with Gasteiger partial charge in [-0.25, -0.2) is 0 Å². The first-order valence-corrected chi connectivity index (χ1v) is 6.90. The summed E-state index contributed by atoms with van der Waals surface area (Å²) < 4.78 is 16.4. The van der Waals surface area contributed by atoms with Gasteiger partial charge in [0.1, 0.15) is 23.9 Å². The average Bonchev–Trinajstić information content (AvgIpc) is 3.21. The first-order chi connectivity index (χ1) is 9.83. The standard InChI is InChI=1S/C16H19NO3/c1-18-14-3-2-4-15(8-14)20-11-16-7-12(10-19-16)9-17-13-5-6-13/h2-4,7-8,10,13,17H,5-6,9,11H2,1H3. The van der Waals surface area contributed by atoms with Gasteiger partial charge in [-0.15, -0.1) is 0 Å². The van der Waals surface area contributed by atoms with Gasteiger partial charge in [0.05, 0.1) is 13.4 Å². The fourth-order valence-electron chi connectivity index (χ4n) is 1.99. The second-order valence-corrected chi connectivity index (χ2v) is 5.04. The molecule has 1 fully saturated rings. The van der Waals surface area contributed by atoms with Gasteiger partial charge in [-0.1, -0.05) is 6.07 Å². The number of methoxy groups -OCH3 is 1. The minimum Gasteiger partial charge on any atom is -0.497 e. The van der Waals surface area contributed by atoms with E-state index in [1.54, 1.807) is 13.4 Å². The van der Waals surface area contributed by atoms with Gasteiger partial charge in [0.2, 0.25) is 0 Å². The number of hydrogen-bond donors (Lipinski definition) is 1. The summed E-state index contributed by atoms with van der Waals surface area (Å²) in [5.41, 5.74) is 1.17. The van der Waals surface area contributed by atoms with E-state index in [0.29, 0.717) is 12.6 Å². The molecule has 0 spiro atoms. The molecule has 2 aromatic rings. The van der Waals surface area contributed by atoms with Crippen molar-refractivity contribution in [1.82, 2.24) is 5.32 Å². The van der Waals surface area contributed by atoms with Gasteiger partial charge in [-0.3, -0.25) is 0 Å². The molecule has 20 heavy (non-hydrogen) atoms. The molecule has 0 amide bonds. The van der Waals surface area contributed by atoms with Crippen LogP contribution in [0.25, 0.3) is 0 Å². The van der Waals surface area contributed by atoms with Crippen LogP contribution in [0.1, 0.15) is 24.2 Å². The number of benzene rings is 1. The summed E-state index contributed by atoms with van der Waals surface area (Å²) in [7, 11) is 1.64. The van der Waals surface area contributed by atoms with Gasteiger partial charge < -0.3 is 19.2 Å². The van der Waals surface area contributed by atoms with Gasteiger partial charge in [-0.2, -0.15) is 0 Å². The maximum absolute atomic E-state index is 5.69. The zero-order valence-electron chi connectivity index (χ0n) is 11.6. The Labute approximate surface area is 118 Å². The molecular formula is C16H19NO3. The molecule has 106 valence electrons. The highest BCUT2D eigenvalue weighted by Crippen LogP contribution is 2.21. The van der Waals surface area contributed by atoms with E-state index in [2.05, 4.69) is 5.32 Å². The molecule has 0 atom stereocenters. The van der Waals surface area contributed by atoms with E-state index < -0.39 is 0 Å². The van der Waals surface area contributed by atoms with Crippen LogP contribution in [0.3, 0.4) is 0 Å². The van der Waals surface area contributed by atoms with Crippen LogP contribution in [0.15, 0.2) is 41.0 Å². The lowest BCUT2D eigenvalue weighted by atomic mass is 10.3. The van der Waals surface area contributed by atoms with Crippen LogP contribution in [0, 0.1) is 0 Å². The van der Waals surface area contributed by atoms with Crippen molar-refractivity contribution in [1.29, 1.82) is 0 Å². The lowest BCUT2D eigenvalue weighted by molar-refractivity contribution is 0.269. The predicted molar refractivity (Wildman–Crippen MR) is 75.9 cm³/mol. The molecule has 1 saturated carbocycles. The highest BCUT2D eigenvalue weighted by Gasteiger charge is 2.20. The highest BCUT2D eigenvalue weighted by molar-refractivity contribution is 5.32. The van der Waals surface area contributed by atoms with Crippen LogP contribution < -0.4 is 14.8 Å². The van der Waals surface area contributed by atoms with E-state index in [4.69, 9.17) is 13.9 Å². The van der Waals surface area contributed by atoms with Gasteiger partial charge in [-0.05, 0) is 31.0 Å². The summed E-state index contributed by atoms with van der Waals surface area (Å²) in [5.74, 6) is 2.40. The number of ether oxygens (including phenoxy) is 2. The average molecular weight is 273 g/mol. The van der Waals surface area contributed by atoms with Crippen molar-refractivity contribution in [3.8, 4) is 11.5 Å². The topological polar surface area (TPSA) is 43.6 Å². The van der Waals surface area contributed by atoms with Crippen molar-refractivity contribution < 1.29 is 13.9 Å². The number of hydrogen-bond acceptors (Lipinski definition) is 4. The van der Waals surface area contributed by atoms with Crippen molar-refractivity contribution in [2.45, 2.75) is 32.0 Å². The van der Waals surface area contributed by atoms with Crippen molar-refractivity contribution in [3.05, 3.63) is 47.9 Å². The molecule has 0 bridgehead atoms. The van der Waals surface area contributed by atoms with Gasteiger partial charge in [0, 0.05) is 24.2 Å². The molecule has 1 N–H and O–H groups in total. The maximum Gasteiger partial charge on any atom is 0.146 e. The fraction of sp³-hybridized carbons (Fsp3) is 0.375. The molecule has 1 aromatic heterocycles. The van der Waals surface area contributed by atoms with Crippen LogP contribution in [0.4, 0.5) is 0 Å². The summed E-state index contributed by atoms with van der Waals surface area (Å²) in [4.78, 5) is 0. The first-order valence-electron chi connectivity index (χ1n) is 6.90. The lowest BCUT2D eigenvalue weighted by Crippen LogP contribution is -2.14.